The lowest BCUT2D eigenvalue weighted by atomic mass is 9.99. The van der Waals surface area contributed by atoms with Crippen molar-refractivity contribution in [2.24, 2.45) is 11.7 Å². The molecule has 1 aliphatic heterocycles. The molecular weight excluding hydrogens is 612 g/mol. The second kappa shape index (κ2) is 13.9. The van der Waals surface area contributed by atoms with E-state index in [1.54, 1.807) is 18.2 Å². The zero-order valence-corrected chi connectivity index (χ0v) is 24.6. The first-order valence-corrected chi connectivity index (χ1v) is 14.2. The predicted molar refractivity (Wildman–Crippen MR) is 159 cm³/mol. The van der Waals surface area contributed by atoms with Gasteiger partial charge in [0.15, 0.2) is 23.1 Å². The van der Waals surface area contributed by atoms with E-state index >= 15 is 4.39 Å². The number of carbonyl (C=O) groups is 2. The topological polar surface area (TPSA) is 125 Å². The minimum absolute atomic E-state index is 0.0902. The minimum Gasteiger partial charge on any atom is -0.493 e. The number of carbonyl (C=O) groups excluding carboxylic acids is 2. The number of piperidine rings is 1. The van der Waals surface area contributed by atoms with Crippen LogP contribution < -0.4 is 34.9 Å². The molecule has 0 radical (unpaired) electrons. The van der Waals surface area contributed by atoms with Gasteiger partial charge in [0.25, 0.3) is 0 Å². The minimum atomic E-state index is -4.94. The van der Waals surface area contributed by atoms with E-state index in [4.69, 9.17) is 19.9 Å². The number of primary amides is 1. The summed E-state index contributed by atoms with van der Waals surface area (Å²) in [5, 5.41) is 3.84. The SMILES string of the molecule is COc1cc2c(Oc3ccc(N(Cc4cccc(OC(F)(F)F)c4)C(=O)C(N)=O)cc3F)ccnc2cc1OCC1CCNCC1. The maximum atomic E-state index is 15.4. The number of nitrogens with zero attached hydrogens (tertiary/aromatic N) is 2. The Morgan fingerprint density at radius 1 is 1.00 bits per heavy atom. The van der Waals surface area contributed by atoms with Crippen LogP contribution in [0.1, 0.15) is 18.4 Å². The van der Waals surface area contributed by atoms with E-state index in [1.807, 2.05) is 0 Å². The largest absolute Gasteiger partial charge is 0.573 e. The highest BCUT2D eigenvalue weighted by atomic mass is 19.4. The summed E-state index contributed by atoms with van der Waals surface area (Å²) in [6.07, 6.45) is -1.42. The number of rotatable bonds is 10. The van der Waals surface area contributed by atoms with Crippen molar-refractivity contribution in [2.75, 3.05) is 31.7 Å². The van der Waals surface area contributed by atoms with Gasteiger partial charge in [-0.15, -0.1) is 13.2 Å². The highest BCUT2D eigenvalue weighted by molar-refractivity contribution is 6.39. The quantitative estimate of drug-likeness (QED) is 0.172. The molecule has 5 rings (SSSR count). The monoisotopic (exact) mass is 642 g/mol. The lowest BCUT2D eigenvalue weighted by Gasteiger charge is -2.23. The molecule has 0 unspecified atom stereocenters. The van der Waals surface area contributed by atoms with Crippen LogP contribution in [0.2, 0.25) is 0 Å². The number of hydrogen-bond acceptors (Lipinski definition) is 8. The zero-order valence-electron chi connectivity index (χ0n) is 24.6. The van der Waals surface area contributed by atoms with Gasteiger partial charge in [0.1, 0.15) is 11.5 Å². The Labute approximate surface area is 261 Å². The third-order valence-electron chi connectivity index (χ3n) is 7.30. The molecule has 1 aromatic heterocycles. The van der Waals surface area contributed by atoms with E-state index in [1.165, 1.54) is 37.6 Å². The van der Waals surface area contributed by atoms with Crippen LogP contribution in [0, 0.1) is 11.7 Å². The van der Waals surface area contributed by atoms with Gasteiger partial charge in [-0.2, -0.15) is 0 Å². The second-order valence-corrected chi connectivity index (χ2v) is 10.5. The molecule has 46 heavy (non-hydrogen) atoms. The number of methoxy groups -OCH3 is 1. The maximum Gasteiger partial charge on any atom is 0.573 e. The molecule has 2 amide bonds. The molecule has 242 valence electrons. The smallest absolute Gasteiger partial charge is 0.493 e. The lowest BCUT2D eigenvalue weighted by Crippen LogP contribution is -2.40. The van der Waals surface area contributed by atoms with Crippen molar-refractivity contribution in [3.63, 3.8) is 0 Å². The molecule has 3 N–H and O–H groups in total. The molecule has 0 bridgehead atoms. The van der Waals surface area contributed by atoms with E-state index < -0.39 is 36.3 Å². The highest BCUT2D eigenvalue weighted by Gasteiger charge is 2.31. The summed E-state index contributed by atoms with van der Waals surface area (Å²) >= 11 is 0. The highest BCUT2D eigenvalue weighted by Crippen LogP contribution is 2.38. The number of halogens is 4. The van der Waals surface area contributed by atoms with Crippen molar-refractivity contribution in [2.45, 2.75) is 25.7 Å². The molecule has 4 aromatic rings. The molecular formula is C32H30F4N4O6. The standard InChI is InChI=1S/C32H30F4N4O6/c1-43-28-15-23-25(16-29(28)44-18-19-7-10-38-11-8-19)39-12-9-26(23)45-27-6-5-21(14-24(27)33)40(31(42)30(37)41)17-20-3-2-4-22(13-20)46-32(34,35)36/h2-6,9,12-16,19,38H,7-8,10-11,17-18H2,1H3,(H2,37,41). The Morgan fingerprint density at radius 3 is 2.48 bits per heavy atom. The summed E-state index contributed by atoms with van der Waals surface area (Å²) < 4.78 is 75.0. The summed E-state index contributed by atoms with van der Waals surface area (Å²) in [5.74, 6) is -2.57. The van der Waals surface area contributed by atoms with Gasteiger partial charge in [0, 0.05) is 29.4 Å². The van der Waals surface area contributed by atoms with Gasteiger partial charge in [0.2, 0.25) is 0 Å². The first kappa shape index (κ1) is 32.3. The number of nitrogens with one attached hydrogen (secondary N) is 1. The summed E-state index contributed by atoms with van der Waals surface area (Å²) in [5.41, 5.74) is 5.79. The number of anilines is 1. The number of ether oxygens (including phenoxy) is 4. The van der Waals surface area contributed by atoms with Gasteiger partial charge >= 0.3 is 18.2 Å². The Balaban J connectivity index is 1.38. The van der Waals surface area contributed by atoms with E-state index in [0.29, 0.717) is 34.9 Å². The summed E-state index contributed by atoms with van der Waals surface area (Å²) in [6, 6.07) is 13.3. The van der Waals surface area contributed by atoms with Gasteiger partial charge in [-0.05, 0) is 73.8 Å². The molecule has 1 saturated heterocycles. The fourth-order valence-electron chi connectivity index (χ4n) is 5.04. The Morgan fingerprint density at radius 2 is 1.78 bits per heavy atom. The van der Waals surface area contributed by atoms with Crippen molar-refractivity contribution in [1.29, 1.82) is 0 Å². The molecule has 1 fully saturated rings. The van der Waals surface area contributed by atoms with Crippen molar-refractivity contribution < 1.29 is 46.1 Å². The van der Waals surface area contributed by atoms with E-state index in [2.05, 4.69) is 15.0 Å². The molecule has 2 heterocycles. The normalized spacial score (nSPS) is 13.7. The fraction of sp³-hybridized carbons (Fsp3) is 0.281. The number of pyridine rings is 1. The first-order chi connectivity index (χ1) is 22.0. The molecule has 0 saturated carbocycles. The average Bonchev–Trinajstić information content (AvgIpc) is 3.02. The Hall–Kier alpha value is -5.11. The lowest BCUT2D eigenvalue weighted by molar-refractivity contribution is -0.274. The number of aromatic nitrogens is 1. The van der Waals surface area contributed by atoms with E-state index in [0.717, 1.165) is 49.0 Å². The summed E-state index contributed by atoms with van der Waals surface area (Å²) in [4.78, 5) is 29.7. The molecule has 14 heteroatoms. The molecule has 0 aliphatic carbocycles. The van der Waals surface area contributed by atoms with Gasteiger partial charge < -0.3 is 30.0 Å². The maximum absolute atomic E-state index is 15.4. The number of hydrogen-bond donors (Lipinski definition) is 2. The van der Waals surface area contributed by atoms with Crippen LogP contribution in [-0.4, -0.2) is 50.0 Å². The van der Waals surface area contributed by atoms with Gasteiger partial charge in [-0.25, -0.2) is 4.39 Å². The molecule has 10 nitrogen and oxygen atoms in total. The fourth-order valence-corrected chi connectivity index (χ4v) is 5.04. The average molecular weight is 643 g/mol. The number of nitrogens with two attached hydrogens (primary N) is 1. The van der Waals surface area contributed by atoms with Crippen LogP contribution in [0.3, 0.4) is 0 Å². The number of amides is 2. The molecule has 0 atom stereocenters. The van der Waals surface area contributed by atoms with Crippen LogP contribution >= 0.6 is 0 Å². The number of fused-ring (bicyclic) bond motifs is 1. The van der Waals surface area contributed by atoms with Crippen LogP contribution in [0.5, 0.6) is 28.7 Å². The summed E-state index contributed by atoms with van der Waals surface area (Å²) in [6.45, 7) is 2.00. The predicted octanol–water partition coefficient (Wildman–Crippen LogP) is 5.47. The zero-order chi connectivity index (χ0) is 32.8. The molecule has 1 aliphatic rings. The molecule has 3 aromatic carbocycles. The summed E-state index contributed by atoms with van der Waals surface area (Å²) in [7, 11) is 1.51. The van der Waals surface area contributed by atoms with Crippen LogP contribution in [0.4, 0.5) is 23.2 Å². The number of benzene rings is 3. The Bertz CT molecular complexity index is 1730. The molecule has 0 spiro atoms. The third kappa shape index (κ3) is 7.93. The van der Waals surface area contributed by atoms with Gasteiger partial charge in [0.05, 0.1) is 25.8 Å². The second-order valence-electron chi connectivity index (χ2n) is 10.5. The van der Waals surface area contributed by atoms with Crippen molar-refractivity contribution >= 4 is 28.4 Å². The number of alkyl halides is 3. The van der Waals surface area contributed by atoms with Crippen molar-refractivity contribution in [1.82, 2.24) is 10.3 Å². The van der Waals surface area contributed by atoms with Crippen molar-refractivity contribution in [3.05, 3.63) is 78.2 Å². The van der Waals surface area contributed by atoms with E-state index in [9.17, 15) is 22.8 Å². The Kier molecular flexibility index (Phi) is 9.75. The van der Waals surface area contributed by atoms with Crippen LogP contribution in [0.25, 0.3) is 10.9 Å². The van der Waals surface area contributed by atoms with E-state index in [-0.39, 0.29) is 22.7 Å². The first-order valence-electron chi connectivity index (χ1n) is 14.2. The van der Waals surface area contributed by atoms with Gasteiger partial charge in [-0.3, -0.25) is 19.5 Å². The van der Waals surface area contributed by atoms with Gasteiger partial charge in [-0.1, -0.05) is 12.1 Å². The van der Waals surface area contributed by atoms with Crippen LogP contribution in [0.15, 0.2) is 66.9 Å². The van der Waals surface area contributed by atoms with Crippen LogP contribution in [-0.2, 0) is 16.1 Å². The van der Waals surface area contributed by atoms with Crippen molar-refractivity contribution in [3.8, 4) is 28.7 Å². The third-order valence-corrected chi connectivity index (χ3v) is 7.30.